The topological polar surface area (TPSA) is 92.6 Å². The third-order valence-electron chi connectivity index (χ3n) is 4.61. The lowest BCUT2D eigenvalue weighted by atomic mass is 10.1. The van der Waals surface area contributed by atoms with Gasteiger partial charge in [0, 0.05) is 15.3 Å². The second-order valence-corrected chi connectivity index (χ2v) is 8.26. The highest BCUT2D eigenvalue weighted by Crippen LogP contribution is 2.35. The van der Waals surface area contributed by atoms with E-state index >= 15 is 0 Å². The molecule has 2 aliphatic heterocycles. The number of nitrogens with one attached hydrogen (secondary N) is 1. The molecule has 1 atom stereocenters. The summed E-state index contributed by atoms with van der Waals surface area (Å²) >= 11 is 4.79. The number of halogens is 1. The molecule has 10 heteroatoms. The monoisotopic (exact) mass is 502 g/mol. The van der Waals surface area contributed by atoms with Crippen LogP contribution in [0.2, 0.25) is 0 Å². The van der Waals surface area contributed by atoms with Gasteiger partial charge in [-0.1, -0.05) is 45.9 Å². The molecule has 0 bridgehead atoms. The Morgan fingerprint density at radius 3 is 2.87 bits per heavy atom. The maximum Gasteiger partial charge on any atom is 0.344 e. The third-order valence-corrected chi connectivity index (χ3v) is 5.67. The predicted octanol–water partition coefficient (Wildman–Crippen LogP) is 1.90. The number of esters is 1. The van der Waals surface area contributed by atoms with Gasteiger partial charge in [0.15, 0.2) is 17.9 Å². The quantitative estimate of drug-likeness (QED) is 0.627. The maximum atomic E-state index is 13.0. The van der Waals surface area contributed by atoms with Gasteiger partial charge in [-0.25, -0.2) is 9.80 Å². The second kappa shape index (κ2) is 9.11. The van der Waals surface area contributed by atoms with E-state index in [1.54, 1.807) is 18.0 Å². The van der Waals surface area contributed by atoms with E-state index in [-0.39, 0.29) is 19.1 Å². The number of nitrogens with zero attached hydrogens (tertiary/aromatic N) is 3. The molecular formula is C21H19BrN4O4S. The number of benzene rings is 2. The van der Waals surface area contributed by atoms with Crippen LogP contribution in [-0.4, -0.2) is 41.5 Å². The van der Waals surface area contributed by atoms with E-state index in [4.69, 9.17) is 14.5 Å². The Bertz CT molecular complexity index is 1200. The molecule has 0 saturated heterocycles. The summed E-state index contributed by atoms with van der Waals surface area (Å²) in [4.78, 5) is 29.6. The van der Waals surface area contributed by atoms with Gasteiger partial charge in [0.25, 0.3) is 5.91 Å². The Balaban J connectivity index is 1.83. The average molecular weight is 503 g/mol. The van der Waals surface area contributed by atoms with Crippen LogP contribution in [-0.2, 0) is 14.3 Å². The maximum absolute atomic E-state index is 13.0. The number of rotatable bonds is 5. The Hall–Kier alpha value is -2.85. The molecule has 4 rings (SSSR count). The molecule has 2 heterocycles. The number of thioether (sulfide) groups is 1. The van der Waals surface area contributed by atoms with Gasteiger partial charge in [-0.05, 0) is 37.4 Å². The molecule has 0 radical (unpaired) electrons. The first-order valence-electron chi connectivity index (χ1n) is 9.50. The molecule has 2 aliphatic rings. The summed E-state index contributed by atoms with van der Waals surface area (Å²) in [7, 11) is 0. The van der Waals surface area contributed by atoms with Crippen molar-refractivity contribution >= 4 is 50.4 Å². The molecule has 2 aromatic carbocycles. The van der Waals surface area contributed by atoms with Crippen molar-refractivity contribution in [3.8, 4) is 5.75 Å². The van der Waals surface area contributed by atoms with Crippen LogP contribution >= 0.6 is 27.7 Å². The van der Waals surface area contributed by atoms with Gasteiger partial charge >= 0.3 is 5.97 Å². The van der Waals surface area contributed by atoms with Gasteiger partial charge in [-0.2, -0.15) is 0 Å². The molecule has 1 amide bonds. The van der Waals surface area contributed by atoms with Crippen LogP contribution in [0.3, 0.4) is 0 Å². The highest BCUT2D eigenvalue weighted by Gasteiger charge is 2.35. The molecule has 0 unspecified atom stereocenters. The lowest BCUT2D eigenvalue weighted by Crippen LogP contribution is -2.50. The van der Waals surface area contributed by atoms with Crippen LogP contribution in [0.4, 0.5) is 0 Å². The minimum atomic E-state index is -0.643. The lowest BCUT2D eigenvalue weighted by molar-refractivity contribution is -0.145. The van der Waals surface area contributed by atoms with E-state index in [0.717, 1.165) is 4.47 Å². The van der Waals surface area contributed by atoms with Gasteiger partial charge in [0.05, 0.1) is 12.0 Å². The van der Waals surface area contributed by atoms with Crippen LogP contribution in [0.25, 0.3) is 5.70 Å². The number of hydrogen-bond donors (Lipinski definition) is 1. The van der Waals surface area contributed by atoms with Crippen molar-refractivity contribution in [2.24, 2.45) is 10.1 Å². The molecule has 1 N–H and O–H groups in total. The summed E-state index contributed by atoms with van der Waals surface area (Å²) in [5, 5.41) is 10.8. The Morgan fingerprint density at radius 2 is 2.10 bits per heavy atom. The fraction of sp³-hybridized carbons (Fsp3) is 0.238. The first-order chi connectivity index (χ1) is 15.0. The van der Waals surface area contributed by atoms with Crippen molar-refractivity contribution in [2.75, 3.05) is 19.5 Å². The highest BCUT2D eigenvalue weighted by atomic mass is 79.9. The average Bonchev–Trinajstić information content (AvgIpc) is 2.77. The van der Waals surface area contributed by atoms with E-state index in [1.165, 1.54) is 11.8 Å². The molecule has 160 valence electrons. The molecular weight excluding hydrogens is 484 g/mol. The van der Waals surface area contributed by atoms with Crippen LogP contribution in [0.1, 0.15) is 18.7 Å². The van der Waals surface area contributed by atoms with Gasteiger partial charge < -0.3 is 9.47 Å². The molecule has 0 saturated carbocycles. The summed E-state index contributed by atoms with van der Waals surface area (Å²) in [5.41, 5.74) is 1.08. The lowest BCUT2D eigenvalue weighted by Gasteiger charge is -2.34. The first kappa shape index (κ1) is 21.4. The third kappa shape index (κ3) is 4.31. The molecule has 0 spiro atoms. The Labute approximate surface area is 191 Å². The zero-order valence-corrected chi connectivity index (χ0v) is 19.2. The van der Waals surface area contributed by atoms with Crippen LogP contribution in [0, 0.1) is 0 Å². The number of amides is 1. The van der Waals surface area contributed by atoms with Gasteiger partial charge in [-0.3, -0.25) is 15.1 Å². The highest BCUT2D eigenvalue weighted by molar-refractivity contribution is 9.10. The molecule has 0 aromatic heterocycles. The number of carbonyl (C=O) groups is 2. The SMILES string of the molecule is CCOC(=O)COc1ccccc1[C@@H]1N=c2ccc(Br)cc2=C2C(=O)NC(SC)=NN21. The normalized spacial score (nSPS) is 17.1. The number of hydrazone groups is 1. The van der Waals surface area contributed by atoms with E-state index in [2.05, 4.69) is 26.3 Å². The number of fused-ring (bicyclic) bond motifs is 2. The number of ether oxygens (including phenoxy) is 2. The fourth-order valence-corrected chi connectivity index (χ4v) is 4.04. The van der Waals surface area contributed by atoms with Gasteiger partial charge in [-0.15, -0.1) is 5.10 Å². The van der Waals surface area contributed by atoms with Crippen molar-refractivity contribution in [3.63, 3.8) is 0 Å². The zero-order valence-electron chi connectivity index (χ0n) is 16.8. The van der Waals surface area contributed by atoms with Crippen molar-refractivity contribution in [1.29, 1.82) is 0 Å². The Kier molecular flexibility index (Phi) is 6.28. The van der Waals surface area contributed by atoms with Crippen LogP contribution < -0.4 is 20.6 Å². The largest absolute Gasteiger partial charge is 0.481 e. The predicted molar refractivity (Wildman–Crippen MR) is 121 cm³/mol. The first-order valence-corrected chi connectivity index (χ1v) is 11.5. The van der Waals surface area contributed by atoms with E-state index in [0.29, 0.717) is 32.8 Å². The molecule has 2 aromatic rings. The van der Waals surface area contributed by atoms with E-state index in [1.807, 2.05) is 42.7 Å². The van der Waals surface area contributed by atoms with E-state index in [9.17, 15) is 9.59 Å². The van der Waals surface area contributed by atoms with Crippen LogP contribution in [0.5, 0.6) is 5.75 Å². The summed E-state index contributed by atoms with van der Waals surface area (Å²) in [6, 6.07) is 12.8. The minimum Gasteiger partial charge on any atom is -0.481 e. The van der Waals surface area contributed by atoms with Crippen molar-refractivity contribution in [3.05, 3.63) is 63.1 Å². The molecule has 0 fully saturated rings. The standard InChI is InChI=1S/C21H19BrN4O4S/c1-3-29-17(27)11-30-16-7-5-4-6-13(16)19-23-15-9-8-12(22)10-14(15)18-20(28)24-21(31-2)25-26(18)19/h4-10,19H,3,11H2,1-2H3,(H,24,25,28)/t19-/m1/s1. The summed E-state index contributed by atoms with van der Waals surface area (Å²) in [5.74, 6) is -0.250. The second-order valence-electron chi connectivity index (χ2n) is 6.55. The van der Waals surface area contributed by atoms with E-state index < -0.39 is 12.1 Å². The number of hydrogen-bond acceptors (Lipinski definition) is 8. The van der Waals surface area contributed by atoms with Crippen LogP contribution in [0.15, 0.2) is 57.0 Å². The van der Waals surface area contributed by atoms with Gasteiger partial charge in [0.1, 0.15) is 11.4 Å². The minimum absolute atomic E-state index is 0.225. The summed E-state index contributed by atoms with van der Waals surface area (Å²) < 4.78 is 11.5. The molecule has 31 heavy (non-hydrogen) atoms. The smallest absolute Gasteiger partial charge is 0.344 e. The number of amidine groups is 1. The number of para-hydroxylation sites is 1. The number of carbonyl (C=O) groups excluding carboxylic acids is 2. The molecule has 0 aliphatic carbocycles. The van der Waals surface area contributed by atoms with Crippen molar-refractivity contribution < 1.29 is 19.1 Å². The van der Waals surface area contributed by atoms with Crippen molar-refractivity contribution in [2.45, 2.75) is 13.1 Å². The fourth-order valence-electron chi connectivity index (χ4n) is 3.31. The summed E-state index contributed by atoms with van der Waals surface area (Å²) in [6.07, 6.45) is 1.19. The molecule has 8 nitrogen and oxygen atoms in total. The van der Waals surface area contributed by atoms with Crippen molar-refractivity contribution in [1.82, 2.24) is 10.3 Å². The Morgan fingerprint density at radius 1 is 1.29 bits per heavy atom. The summed E-state index contributed by atoms with van der Waals surface area (Å²) in [6.45, 7) is 1.79. The van der Waals surface area contributed by atoms with Gasteiger partial charge in [0.2, 0.25) is 0 Å². The zero-order chi connectivity index (χ0) is 22.0.